The summed E-state index contributed by atoms with van der Waals surface area (Å²) in [5.41, 5.74) is 0.676. The van der Waals surface area contributed by atoms with Crippen molar-refractivity contribution < 1.29 is 17.7 Å². The standard InChI is InChI=1S/C12H16O4S/c1-10-2-4-11(5-3-10)17(14,15)16-9-12(8-13)6-7-12/h2-5,13H,6-9H2,1H3. The van der Waals surface area contributed by atoms with Gasteiger partial charge in [0.25, 0.3) is 10.1 Å². The van der Waals surface area contributed by atoms with Crippen LogP contribution in [0.1, 0.15) is 18.4 Å². The van der Waals surface area contributed by atoms with Crippen LogP contribution in [-0.4, -0.2) is 26.7 Å². The van der Waals surface area contributed by atoms with Gasteiger partial charge in [-0.05, 0) is 31.9 Å². The van der Waals surface area contributed by atoms with Gasteiger partial charge < -0.3 is 5.11 Å². The minimum atomic E-state index is -3.69. The third kappa shape index (κ3) is 2.86. The van der Waals surface area contributed by atoms with Crippen molar-refractivity contribution in [1.82, 2.24) is 0 Å². The van der Waals surface area contributed by atoms with Crippen molar-refractivity contribution in [3.05, 3.63) is 29.8 Å². The van der Waals surface area contributed by atoms with Crippen LogP contribution in [0.15, 0.2) is 29.2 Å². The molecule has 0 unspecified atom stereocenters. The van der Waals surface area contributed by atoms with Gasteiger partial charge in [0, 0.05) is 5.41 Å². The molecule has 0 radical (unpaired) electrons. The molecule has 0 atom stereocenters. The van der Waals surface area contributed by atoms with Crippen LogP contribution in [0, 0.1) is 12.3 Å². The molecule has 0 spiro atoms. The molecule has 0 aromatic heterocycles. The van der Waals surface area contributed by atoms with E-state index in [1.807, 2.05) is 6.92 Å². The van der Waals surface area contributed by atoms with Crippen LogP contribution in [0.3, 0.4) is 0 Å². The molecule has 1 saturated carbocycles. The SMILES string of the molecule is Cc1ccc(S(=O)(=O)OCC2(CO)CC2)cc1. The Bertz CT molecular complexity index is 486. The van der Waals surface area contributed by atoms with Crippen LogP contribution in [0.25, 0.3) is 0 Å². The Morgan fingerprint density at radius 2 is 1.88 bits per heavy atom. The van der Waals surface area contributed by atoms with Gasteiger partial charge in [-0.15, -0.1) is 0 Å². The molecule has 0 saturated heterocycles. The molecular weight excluding hydrogens is 240 g/mol. The zero-order valence-electron chi connectivity index (χ0n) is 9.72. The van der Waals surface area contributed by atoms with E-state index < -0.39 is 10.1 Å². The summed E-state index contributed by atoms with van der Waals surface area (Å²) >= 11 is 0. The number of aliphatic hydroxyl groups is 1. The Morgan fingerprint density at radius 1 is 1.29 bits per heavy atom. The number of hydrogen-bond donors (Lipinski definition) is 1. The average Bonchev–Trinajstić information content (AvgIpc) is 3.08. The second-order valence-electron chi connectivity index (χ2n) is 4.69. The van der Waals surface area contributed by atoms with Crippen molar-refractivity contribution >= 4 is 10.1 Å². The van der Waals surface area contributed by atoms with Crippen LogP contribution < -0.4 is 0 Å². The second kappa shape index (κ2) is 4.40. The molecule has 0 aliphatic heterocycles. The smallest absolute Gasteiger partial charge is 0.296 e. The Kier molecular flexibility index (Phi) is 3.25. The molecule has 1 N–H and O–H groups in total. The van der Waals surface area contributed by atoms with E-state index in [1.165, 1.54) is 12.1 Å². The summed E-state index contributed by atoms with van der Waals surface area (Å²) in [7, 11) is -3.69. The summed E-state index contributed by atoms with van der Waals surface area (Å²) in [6.45, 7) is 1.94. The minimum Gasteiger partial charge on any atom is -0.396 e. The molecule has 0 bridgehead atoms. The lowest BCUT2D eigenvalue weighted by atomic mass is 10.1. The van der Waals surface area contributed by atoms with Gasteiger partial charge in [0.05, 0.1) is 18.1 Å². The largest absolute Gasteiger partial charge is 0.396 e. The van der Waals surface area contributed by atoms with Gasteiger partial charge >= 0.3 is 0 Å². The fourth-order valence-corrected chi connectivity index (χ4v) is 2.51. The predicted octanol–water partition coefficient (Wildman–Crippen LogP) is 1.47. The van der Waals surface area contributed by atoms with Gasteiger partial charge in [0.1, 0.15) is 0 Å². The van der Waals surface area contributed by atoms with Crippen molar-refractivity contribution in [1.29, 1.82) is 0 Å². The third-order valence-electron chi connectivity index (χ3n) is 3.12. The Hall–Kier alpha value is -0.910. The molecule has 2 rings (SSSR count). The van der Waals surface area contributed by atoms with Crippen LogP contribution in [-0.2, 0) is 14.3 Å². The van der Waals surface area contributed by atoms with E-state index in [1.54, 1.807) is 12.1 Å². The number of benzene rings is 1. The highest BCUT2D eigenvalue weighted by atomic mass is 32.2. The summed E-state index contributed by atoms with van der Waals surface area (Å²) in [5.74, 6) is 0. The molecule has 1 fully saturated rings. The molecular formula is C12H16O4S. The summed E-state index contributed by atoms with van der Waals surface area (Å²) in [6, 6.07) is 6.52. The highest BCUT2D eigenvalue weighted by molar-refractivity contribution is 7.86. The van der Waals surface area contributed by atoms with E-state index in [4.69, 9.17) is 9.29 Å². The van der Waals surface area contributed by atoms with Crippen molar-refractivity contribution in [2.75, 3.05) is 13.2 Å². The Morgan fingerprint density at radius 3 is 2.35 bits per heavy atom. The molecule has 1 aromatic carbocycles. The van der Waals surface area contributed by atoms with Gasteiger partial charge in [0.15, 0.2) is 0 Å². The van der Waals surface area contributed by atoms with Gasteiger partial charge in [-0.1, -0.05) is 17.7 Å². The first kappa shape index (κ1) is 12.5. The van der Waals surface area contributed by atoms with Crippen molar-refractivity contribution in [3.63, 3.8) is 0 Å². The van der Waals surface area contributed by atoms with Crippen LogP contribution in [0.5, 0.6) is 0 Å². The van der Waals surface area contributed by atoms with E-state index in [0.717, 1.165) is 18.4 Å². The highest BCUT2D eigenvalue weighted by Gasteiger charge is 2.43. The first-order valence-corrected chi connectivity index (χ1v) is 6.95. The summed E-state index contributed by atoms with van der Waals surface area (Å²) in [6.07, 6.45) is 1.65. The zero-order valence-corrected chi connectivity index (χ0v) is 10.5. The maximum atomic E-state index is 11.8. The number of hydrogen-bond acceptors (Lipinski definition) is 4. The fourth-order valence-electron chi connectivity index (χ4n) is 1.50. The average molecular weight is 256 g/mol. The van der Waals surface area contributed by atoms with Gasteiger partial charge in [-0.25, -0.2) is 0 Å². The van der Waals surface area contributed by atoms with Crippen molar-refractivity contribution in [2.45, 2.75) is 24.7 Å². The molecule has 1 aliphatic carbocycles. The molecule has 5 heteroatoms. The van der Waals surface area contributed by atoms with E-state index in [-0.39, 0.29) is 23.5 Å². The van der Waals surface area contributed by atoms with E-state index in [9.17, 15) is 8.42 Å². The minimum absolute atomic E-state index is 0.0174. The fraction of sp³-hybridized carbons (Fsp3) is 0.500. The lowest BCUT2D eigenvalue weighted by Crippen LogP contribution is -2.18. The number of aliphatic hydroxyl groups excluding tert-OH is 1. The molecule has 1 aliphatic rings. The Labute approximate surface area is 101 Å². The first-order chi connectivity index (χ1) is 7.97. The zero-order chi connectivity index (χ0) is 12.5. The van der Waals surface area contributed by atoms with Gasteiger partial charge in [0.2, 0.25) is 0 Å². The van der Waals surface area contributed by atoms with E-state index in [0.29, 0.717) is 0 Å². The number of aryl methyl sites for hydroxylation is 1. The molecule has 4 nitrogen and oxygen atoms in total. The monoisotopic (exact) mass is 256 g/mol. The maximum absolute atomic E-state index is 11.8. The Balaban J connectivity index is 2.06. The quantitative estimate of drug-likeness (QED) is 0.810. The molecule has 0 heterocycles. The third-order valence-corrected chi connectivity index (χ3v) is 4.40. The second-order valence-corrected chi connectivity index (χ2v) is 6.30. The summed E-state index contributed by atoms with van der Waals surface area (Å²) < 4.78 is 28.6. The van der Waals surface area contributed by atoms with Gasteiger partial charge in [-0.2, -0.15) is 8.42 Å². The van der Waals surface area contributed by atoms with Crippen LogP contribution >= 0.6 is 0 Å². The lowest BCUT2D eigenvalue weighted by molar-refractivity contribution is 0.150. The summed E-state index contributed by atoms with van der Waals surface area (Å²) in [4.78, 5) is 0.164. The maximum Gasteiger partial charge on any atom is 0.296 e. The molecule has 17 heavy (non-hydrogen) atoms. The van der Waals surface area contributed by atoms with Crippen molar-refractivity contribution in [2.24, 2.45) is 5.41 Å². The molecule has 94 valence electrons. The predicted molar refractivity (Wildman–Crippen MR) is 63.1 cm³/mol. The van der Waals surface area contributed by atoms with Crippen LogP contribution in [0.2, 0.25) is 0 Å². The van der Waals surface area contributed by atoms with Crippen LogP contribution in [0.4, 0.5) is 0 Å². The molecule has 1 aromatic rings. The molecule has 0 amide bonds. The van der Waals surface area contributed by atoms with E-state index >= 15 is 0 Å². The normalized spacial score (nSPS) is 18.0. The van der Waals surface area contributed by atoms with Gasteiger partial charge in [-0.3, -0.25) is 4.18 Å². The van der Waals surface area contributed by atoms with Crippen molar-refractivity contribution in [3.8, 4) is 0 Å². The number of rotatable bonds is 5. The topological polar surface area (TPSA) is 63.6 Å². The first-order valence-electron chi connectivity index (χ1n) is 5.54. The summed E-state index contributed by atoms with van der Waals surface area (Å²) in [5, 5.41) is 9.09. The van der Waals surface area contributed by atoms with E-state index in [2.05, 4.69) is 0 Å². The lowest BCUT2D eigenvalue weighted by Gasteiger charge is -2.12. The highest BCUT2D eigenvalue weighted by Crippen LogP contribution is 2.45.